The summed E-state index contributed by atoms with van der Waals surface area (Å²) in [4.78, 5) is 14.4. The summed E-state index contributed by atoms with van der Waals surface area (Å²) in [5.41, 5.74) is 2.68. The summed E-state index contributed by atoms with van der Waals surface area (Å²) < 4.78 is 4.94. The maximum atomic E-state index is 11.9. The fourth-order valence-electron chi connectivity index (χ4n) is 4.33. The lowest BCUT2D eigenvalue weighted by molar-refractivity contribution is -0.142. The molecule has 0 saturated carbocycles. The third-order valence-corrected chi connectivity index (χ3v) is 5.57. The first-order chi connectivity index (χ1) is 10.1. The number of nitrogens with zero attached hydrogens (tertiary/aromatic N) is 1. The molecule has 4 unspecified atom stereocenters. The zero-order valence-corrected chi connectivity index (χ0v) is 13.2. The van der Waals surface area contributed by atoms with E-state index in [4.69, 9.17) is 4.74 Å². The number of fused-ring (bicyclic) bond motifs is 2. The topological polar surface area (TPSA) is 29.5 Å². The molecular weight excluding hydrogens is 262 g/mol. The van der Waals surface area contributed by atoms with Crippen molar-refractivity contribution in [2.45, 2.75) is 50.6 Å². The first kappa shape index (κ1) is 14.6. The maximum absolute atomic E-state index is 11.9. The van der Waals surface area contributed by atoms with E-state index >= 15 is 0 Å². The van der Waals surface area contributed by atoms with Crippen LogP contribution in [0.2, 0.25) is 0 Å². The molecule has 4 atom stereocenters. The van der Waals surface area contributed by atoms with Gasteiger partial charge < -0.3 is 9.64 Å². The highest BCUT2D eigenvalue weighted by Crippen LogP contribution is 2.47. The number of carbonyl (C=O) groups is 1. The Kier molecular flexibility index (Phi) is 4.03. The van der Waals surface area contributed by atoms with Crippen molar-refractivity contribution in [1.82, 2.24) is 4.90 Å². The maximum Gasteiger partial charge on any atom is 0.305 e. The average Bonchev–Trinajstić information content (AvgIpc) is 2.73. The lowest BCUT2D eigenvalue weighted by atomic mass is 9.74. The average molecular weight is 287 g/mol. The summed E-state index contributed by atoms with van der Waals surface area (Å²) in [6, 6.07) is 10.1. The van der Waals surface area contributed by atoms with E-state index in [1.165, 1.54) is 31.1 Å². The molecule has 21 heavy (non-hydrogen) atoms. The number of piperidine rings is 1. The van der Waals surface area contributed by atoms with E-state index in [2.05, 4.69) is 43.1 Å². The van der Waals surface area contributed by atoms with Gasteiger partial charge in [-0.25, -0.2) is 0 Å². The molecule has 2 bridgehead atoms. The standard InChI is InChI=1S/C18H25NO2/c1-12-4-6-13(7-5-12)15-10-14-8-9-17(19(14)2)16(15)11-18(20)21-3/h4-7,14-17H,8-11H2,1-3H3. The number of hydrogen-bond acceptors (Lipinski definition) is 3. The molecule has 0 radical (unpaired) electrons. The third kappa shape index (κ3) is 2.71. The predicted molar refractivity (Wildman–Crippen MR) is 83.2 cm³/mol. The van der Waals surface area contributed by atoms with Crippen LogP contribution >= 0.6 is 0 Å². The number of hydrogen-bond donors (Lipinski definition) is 0. The summed E-state index contributed by atoms with van der Waals surface area (Å²) in [7, 11) is 3.71. The number of ether oxygens (including phenoxy) is 1. The molecule has 2 heterocycles. The molecule has 2 saturated heterocycles. The van der Waals surface area contributed by atoms with Gasteiger partial charge in [-0.15, -0.1) is 0 Å². The van der Waals surface area contributed by atoms with Gasteiger partial charge >= 0.3 is 5.97 Å². The SMILES string of the molecule is COC(=O)CC1C(c2ccc(C)cc2)CC2CCC1N2C. The molecule has 0 aliphatic carbocycles. The van der Waals surface area contributed by atoms with E-state index in [0.29, 0.717) is 30.3 Å². The lowest BCUT2D eigenvalue weighted by Gasteiger charge is -2.43. The minimum Gasteiger partial charge on any atom is -0.469 e. The second-order valence-corrected chi connectivity index (χ2v) is 6.66. The van der Waals surface area contributed by atoms with Gasteiger partial charge in [0.2, 0.25) is 0 Å². The fourth-order valence-corrected chi connectivity index (χ4v) is 4.33. The van der Waals surface area contributed by atoms with Crippen molar-refractivity contribution in [3.05, 3.63) is 35.4 Å². The van der Waals surface area contributed by atoms with Gasteiger partial charge in [0, 0.05) is 12.1 Å². The monoisotopic (exact) mass is 287 g/mol. The van der Waals surface area contributed by atoms with Crippen molar-refractivity contribution in [2.75, 3.05) is 14.2 Å². The van der Waals surface area contributed by atoms with Crippen LogP contribution in [0.4, 0.5) is 0 Å². The quantitative estimate of drug-likeness (QED) is 0.800. The number of esters is 1. The molecule has 3 rings (SSSR count). The van der Waals surface area contributed by atoms with Gasteiger partial charge in [0.05, 0.1) is 13.5 Å². The fraction of sp³-hybridized carbons (Fsp3) is 0.611. The smallest absolute Gasteiger partial charge is 0.305 e. The normalized spacial score (nSPS) is 32.1. The molecule has 2 aliphatic rings. The predicted octanol–water partition coefficient (Wildman–Crippen LogP) is 3.12. The molecule has 0 aromatic heterocycles. The van der Waals surface area contributed by atoms with Gasteiger partial charge in [-0.1, -0.05) is 29.8 Å². The number of benzene rings is 1. The van der Waals surface area contributed by atoms with Gasteiger partial charge in [-0.3, -0.25) is 4.79 Å². The van der Waals surface area contributed by atoms with Crippen molar-refractivity contribution in [2.24, 2.45) is 5.92 Å². The first-order valence-corrected chi connectivity index (χ1v) is 7.95. The van der Waals surface area contributed by atoms with E-state index in [0.717, 1.165) is 6.42 Å². The highest BCUT2D eigenvalue weighted by molar-refractivity contribution is 5.69. The van der Waals surface area contributed by atoms with E-state index in [-0.39, 0.29) is 5.97 Å². The molecular formula is C18H25NO2. The number of carbonyl (C=O) groups excluding carboxylic acids is 1. The summed E-state index contributed by atoms with van der Waals surface area (Å²) in [6.07, 6.45) is 4.18. The molecule has 1 aromatic carbocycles. The number of aryl methyl sites for hydroxylation is 1. The zero-order chi connectivity index (χ0) is 15.0. The highest BCUT2D eigenvalue weighted by atomic mass is 16.5. The van der Waals surface area contributed by atoms with Gasteiger partial charge in [0.15, 0.2) is 0 Å². The Morgan fingerprint density at radius 2 is 2.00 bits per heavy atom. The minimum atomic E-state index is -0.0733. The van der Waals surface area contributed by atoms with Crippen molar-refractivity contribution in [3.8, 4) is 0 Å². The minimum absolute atomic E-state index is 0.0733. The van der Waals surface area contributed by atoms with E-state index in [1.54, 1.807) is 0 Å². The molecule has 3 nitrogen and oxygen atoms in total. The van der Waals surface area contributed by atoms with Crippen LogP contribution in [0, 0.1) is 12.8 Å². The van der Waals surface area contributed by atoms with Gasteiger partial charge in [0.1, 0.15) is 0 Å². The van der Waals surface area contributed by atoms with Crippen molar-refractivity contribution in [3.63, 3.8) is 0 Å². The summed E-state index contributed by atoms with van der Waals surface area (Å²) >= 11 is 0. The Labute approximate surface area is 127 Å². The van der Waals surface area contributed by atoms with Crippen LogP contribution in [0.15, 0.2) is 24.3 Å². The van der Waals surface area contributed by atoms with Crippen molar-refractivity contribution in [1.29, 1.82) is 0 Å². The van der Waals surface area contributed by atoms with Crippen molar-refractivity contribution < 1.29 is 9.53 Å². The third-order valence-electron chi connectivity index (χ3n) is 5.57. The summed E-state index contributed by atoms with van der Waals surface area (Å²) in [5, 5.41) is 0. The molecule has 1 aromatic rings. The van der Waals surface area contributed by atoms with E-state index in [1.807, 2.05) is 0 Å². The zero-order valence-electron chi connectivity index (χ0n) is 13.2. The summed E-state index contributed by atoms with van der Waals surface area (Å²) in [6.45, 7) is 2.12. The Balaban J connectivity index is 1.89. The highest BCUT2D eigenvalue weighted by Gasteiger charge is 2.46. The van der Waals surface area contributed by atoms with E-state index < -0.39 is 0 Å². The summed E-state index contributed by atoms with van der Waals surface area (Å²) in [5.74, 6) is 0.790. The van der Waals surface area contributed by atoms with Crippen LogP contribution in [0.25, 0.3) is 0 Å². The van der Waals surface area contributed by atoms with Crippen LogP contribution in [0.3, 0.4) is 0 Å². The van der Waals surface area contributed by atoms with Crippen molar-refractivity contribution >= 4 is 5.97 Å². The lowest BCUT2D eigenvalue weighted by Crippen LogP contribution is -2.46. The molecule has 114 valence electrons. The van der Waals surface area contributed by atoms with Crippen LogP contribution in [-0.4, -0.2) is 37.1 Å². The molecule has 0 amide bonds. The first-order valence-electron chi connectivity index (χ1n) is 7.95. The van der Waals surface area contributed by atoms with E-state index in [9.17, 15) is 4.79 Å². The van der Waals surface area contributed by atoms with Crippen LogP contribution < -0.4 is 0 Å². The molecule has 0 N–H and O–H groups in total. The second-order valence-electron chi connectivity index (χ2n) is 6.66. The van der Waals surface area contributed by atoms with Gasteiger partial charge in [-0.2, -0.15) is 0 Å². The Hall–Kier alpha value is -1.35. The second kappa shape index (κ2) is 5.80. The van der Waals surface area contributed by atoms with Crippen LogP contribution in [0.5, 0.6) is 0 Å². The Morgan fingerprint density at radius 1 is 1.29 bits per heavy atom. The Bertz CT molecular complexity index is 510. The molecule has 2 aliphatic heterocycles. The molecule has 2 fully saturated rings. The largest absolute Gasteiger partial charge is 0.469 e. The number of methoxy groups -OCH3 is 1. The Morgan fingerprint density at radius 3 is 2.67 bits per heavy atom. The van der Waals surface area contributed by atoms with Gasteiger partial charge in [-0.05, 0) is 50.6 Å². The molecule has 0 spiro atoms. The van der Waals surface area contributed by atoms with Crippen LogP contribution in [-0.2, 0) is 9.53 Å². The number of rotatable bonds is 3. The van der Waals surface area contributed by atoms with Crippen LogP contribution in [0.1, 0.15) is 42.7 Å². The van der Waals surface area contributed by atoms with Gasteiger partial charge in [0.25, 0.3) is 0 Å². The molecule has 3 heteroatoms.